The lowest BCUT2D eigenvalue weighted by atomic mass is 10.1. The smallest absolute Gasteiger partial charge is 0.321 e. The number of ether oxygens (including phenoxy) is 1. The molecule has 1 aromatic rings. The molecule has 0 spiro atoms. The minimum Gasteiger partial charge on any atom is -0.455 e. The summed E-state index contributed by atoms with van der Waals surface area (Å²) in [5, 5.41) is 4.62. The van der Waals surface area contributed by atoms with E-state index in [2.05, 4.69) is 10.6 Å². The Labute approximate surface area is 164 Å². The molecule has 1 fully saturated rings. The highest BCUT2D eigenvalue weighted by atomic mass is 16.5. The molecule has 0 saturated carbocycles. The van der Waals surface area contributed by atoms with Crippen molar-refractivity contribution in [1.82, 2.24) is 10.6 Å². The average Bonchev–Trinajstić information content (AvgIpc) is 3.06. The number of amides is 4. The molecule has 1 aliphatic rings. The van der Waals surface area contributed by atoms with Crippen LogP contribution in [0.1, 0.15) is 32.8 Å². The van der Waals surface area contributed by atoms with Crippen LogP contribution < -0.4 is 15.5 Å². The maximum Gasteiger partial charge on any atom is 0.321 e. The zero-order chi connectivity index (χ0) is 20.7. The number of imide groups is 1. The van der Waals surface area contributed by atoms with Gasteiger partial charge in [0.1, 0.15) is 0 Å². The van der Waals surface area contributed by atoms with Crippen LogP contribution in [0.2, 0.25) is 0 Å². The van der Waals surface area contributed by atoms with Gasteiger partial charge in [0.05, 0.1) is 5.92 Å². The summed E-state index contributed by atoms with van der Waals surface area (Å²) in [4.78, 5) is 49.2. The second-order valence-electron chi connectivity index (χ2n) is 7.19. The third-order valence-corrected chi connectivity index (χ3v) is 4.38. The van der Waals surface area contributed by atoms with E-state index in [1.54, 1.807) is 4.90 Å². The first kappa shape index (κ1) is 21.4. The first-order valence-corrected chi connectivity index (χ1v) is 9.43. The molecular formula is C20H27N3O5. The molecule has 2 rings (SSSR count). The van der Waals surface area contributed by atoms with E-state index in [0.717, 1.165) is 17.7 Å². The number of carbonyl (C=O) groups is 4. The molecular weight excluding hydrogens is 362 g/mol. The van der Waals surface area contributed by atoms with Crippen molar-refractivity contribution < 1.29 is 23.9 Å². The van der Waals surface area contributed by atoms with E-state index in [4.69, 9.17) is 4.74 Å². The van der Waals surface area contributed by atoms with E-state index < -0.39 is 30.4 Å². The monoisotopic (exact) mass is 389 g/mol. The van der Waals surface area contributed by atoms with E-state index >= 15 is 0 Å². The Bertz CT molecular complexity index is 730. The predicted molar refractivity (Wildman–Crippen MR) is 104 cm³/mol. The lowest BCUT2D eigenvalue weighted by molar-refractivity contribution is -0.152. The van der Waals surface area contributed by atoms with E-state index in [1.807, 2.05) is 45.0 Å². The van der Waals surface area contributed by atoms with Crippen LogP contribution in [0.3, 0.4) is 0 Å². The van der Waals surface area contributed by atoms with Gasteiger partial charge in [-0.3, -0.25) is 19.7 Å². The fourth-order valence-corrected chi connectivity index (χ4v) is 2.78. The fraction of sp³-hybridized carbons (Fsp3) is 0.500. The van der Waals surface area contributed by atoms with Crippen LogP contribution in [-0.2, 0) is 25.5 Å². The number of esters is 1. The molecule has 8 heteroatoms. The lowest BCUT2D eigenvalue weighted by Gasteiger charge is -2.17. The summed E-state index contributed by atoms with van der Waals surface area (Å²) in [6.07, 6.45) is 0.936. The van der Waals surface area contributed by atoms with Crippen LogP contribution >= 0.6 is 0 Å². The molecule has 8 nitrogen and oxygen atoms in total. The Balaban J connectivity index is 1.80. The second kappa shape index (κ2) is 9.87. The van der Waals surface area contributed by atoms with Crippen molar-refractivity contribution in [3.8, 4) is 0 Å². The van der Waals surface area contributed by atoms with Gasteiger partial charge in [0.15, 0.2) is 6.61 Å². The SMILES string of the molecule is CCc1ccc(N2C[C@@H](C(=O)OCC(=O)NC(=O)NCC(C)C)CC2=O)cc1. The van der Waals surface area contributed by atoms with Crippen molar-refractivity contribution in [2.45, 2.75) is 33.6 Å². The van der Waals surface area contributed by atoms with Crippen LogP contribution in [0, 0.1) is 11.8 Å². The Kier molecular flexibility index (Phi) is 7.54. The second-order valence-corrected chi connectivity index (χ2v) is 7.19. The summed E-state index contributed by atoms with van der Waals surface area (Å²) in [5.74, 6) is -1.89. The molecule has 1 atom stereocenters. The number of carbonyl (C=O) groups excluding carboxylic acids is 4. The van der Waals surface area contributed by atoms with E-state index in [1.165, 1.54) is 0 Å². The normalized spacial score (nSPS) is 16.2. The molecule has 152 valence electrons. The van der Waals surface area contributed by atoms with Gasteiger partial charge in [-0.1, -0.05) is 32.9 Å². The molecule has 1 aliphatic heterocycles. The molecule has 28 heavy (non-hydrogen) atoms. The van der Waals surface area contributed by atoms with E-state index in [0.29, 0.717) is 6.54 Å². The van der Waals surface area contributed by atoms with Crippen LogP contribution in [0.15, 0.2) is 24.3 Å². The van der Waals surface area contributed by atoms with Crippen molar-refractivity contribution in [2.24, 2.45) is 11.8 Å². The topological polar surface area (TPSA) is 105 Å². The molecule has 4 amide bonds. The number of anilines is 1. The van der Waals surface area contributed by atoms with Gasteiger partial charge >= 0.3 is 12.0 Å². The van der Waals surface area contributed by atoms with Gasteiger partial charge in [0, 0.05) is 25.2 Å². The highest BCUT2D eigenvalue weighted by Crippen LogP contribution is 2.26. The summed E-state index contributed by atoms with van der Waals surface area (Å²) in [7, 11) is 0. The van der Waals surface area contributed by atoms with Crippen molar-refractivity contribution in [3.05, 3.63) is 29.8 Å². The maximum atomic E-state index is 12.2. The molecule has 2 N–H and O–H groups in total. The number of hydrogen-bond donors (Lipinski definition) is 2. The van der Waals surface area contributed by atoms with Crippen molar-refractivity contribution in [1.29, 1.82) is 0 Å². The number of benzene rings is 1. The summed E-state index contributed by atoms with van der Waals surface area (Å²) in [6.45, 7) is 5.97. The number of nitrogens with one attached hydrogen (secondary N) is 2. The number of rotatable bonds is 7. The van der Waals surface area contributed by atoms with Crippen LogP contribution in [0.4, 0.5) is 10.5 Å². The highest BCUT2D eigenvalue weighted by Gasteiger charge is 2.36. The number of nitrogens with zero attached hydrogens (tertiary/aromatic N) is 1. The molecule has 1 aromatic carbocycles. The number of aryl methyl sites for hydroxylation is 1. The zero-order valence-corrected chi connectivity index (χ0v) is 16.5. The summed E-state index contributed by atoms with van der Waals surface area (Å²) >= 11 is 0. The minimum absolute atomic E-state index is 0.0326. The lowest BCUT2D eigenvalue weighted by Crippen LogP contribution is -2.42. The number of hydrogen-bond acceptors (Lipinski definition) is 5. The first-order chi connectivity index (χ1) is 13.3. The van der Waals surface area contributed by atoms with Crippen LogP contribution in [-0.4, -0.2) is 43.5 Å². The van der Waals surface area contributed by atoms with Gasteiger partial charge in [-0.25, -0.2) is 4.79 Å². The zero-order valence-electron chi connectivity index (χ0n) is 16.5. The molecule has 0 aliphatic carbocycles. The van der Waals surface area contributed by atoms with Gasteiger partial charge in [-0.15, -0.1) is 0 Å². The highest BCUT2D eigenvalue weighted by molar-refractivity contribution is 6.00. The fourth-order valence-electron chi connectivity index (χ4n) is 2.78. The summed E-state index contributed by atoms with van der Waals surface area (Å²) < 4.78 is 4.97. The standard InChI is InChI=1S/C20H27N3O5/c1-4-14-5-7-16(8-6-14)23-11-15(9-18(23)25)19(26)28-12-17(24)22-20(27)21-10-13(2)3/h5-8,13,15H,4,9-12H2,1-3H3,(H2,21,22,24,27)/t15-/m0/s1. The Hall–Kier alpha value is -2.90. The largest absolute Gasteiger partial charge is 0.455 e. The average molecular weight is 389 g/mol. The van der Waals surface area contributed by atoms with Crippen molar-refractivity contribution in [2.75, 3.05) is 24.6 Å². The molecule has 0 unspecified atom stereocenters. The van der Waals surface area contributed by atoms with Gasteiger partial charge < -0.3 is 15.0 Å². The van der Waals surface area contributed by atoms with Crippen LogP contribution in [0.5, 0.6) is 0 Å². The van der Waals surface area contributed by atoms with E-state index in [-0.39, 0.29) is 24.8 Å². The van der Waals surface area contributed by atoms with Crippen molar-refractivity contribution >= 4 is 29.5 Å². The summed E-state index contributed by atoms with van der Waals surface area (Å²) in [5.41, 5.74) is 1.90. The Morgan fingerprint density at radius 3 is 2.50 bits per heavy atom. The molecule has 0 bridgehead atoms. The quantitative estimate of drug-likeness (QED) is 0.690. The predicted octanol–water partition coefficient (Wildman–Crippen LogP) is 1.63. The van der Waals surface area contributed by atoms with Crippen LogP contribution in [0.25, 0.3) is 0 Å². The van der Waals surface area contributed by atoms with Crippen molar-refractivity contribution in [3.63, 3.8) is 0 Å². The maximum absolute atomic E-state index is 12.2. The molecule has 1 saturated heterocycles. The molecule has 0 radical (unpaired) electrons. The van der Waals surface area contributed by atoms with Gasteiger partial charge in [-0.2, -0.15) is 0 Å². The van der Waals surface area contributed by atoms with Gasteiger partial charge in [0.25, 0.3) is 5.91 Å². The summed E-state index contributed by atoms with van der Waals surface area (Å²) in [6, 6.07) is 6.97. The molecule has 1 heterocycles. The third kappa shape index (κ3) is 6.07. The molecule has 0 aromatic heterocycles. The van der Waals surface area contributed by atoms with Gasteiger partial charge in [-0.05, 0) is 30.0 Å². The Morgan fingerprint density at radius 2 is 1.89 bits per heavy atom. The Morgan fingerprint density at radius 1 is 1.21 bits per heavy atom. The van der Waals surface area contributed by atoms with E-state index in [9.17, 15) is 19.2 Å². The first-order valence-electron chi connectivity index (χ1n) is 9.43. The van der Waals surface area contributed by atoms with Gasteiger partial charge in [0.2, 0.25) is 5.91 Å². The minimum atomic E-state index is -0.717. The number of urea groups is 1. The third-order valence-electron chi connectivity index (χ3n) is 4.38.